The molecule has 1 aliphatic rings. The van der Waals surface area contributed by atoms with E-state index in [1.165, 1.54) is 12.8 Å². The van der Waals surface area contributed by atoms with Crippen molar-refractivity contribution < 1.29 is 0 Å². The SMILES string of the molecule is CC1CCCN1c1cnccc1C(=N)N. The van der Waals surface area contributed by atoms with Gasteiger partial charge in [-0.15, -0.1) is 0 Å². The normalized spacial score (nSPS) is 20.6. The Balaban J connectivity index is 2.38. The molecule has 0 amide bonds. The Morgan fingerprint density at radius 3 is 3.07 bits per heavy atom. The first kappa shape index (κ1) is 9.96. The Labute approximate surface area is 89.6 Å². The van der Waals surface area contributed by atoms with Crippen molar-refractivity contribution in [1.29, 1.82) is 5.41 Å². The number of anilines is 1. The first-order valence-electron chi connectivity index (χ1n) is 5.25. The van der Waals surface area contributed by atoms with E-state index >= 15 is 0 Å². The summed E-state index contributed by atoms with van der Waals surface area (Å²) in [7, 11) is 0. The van der Waals surface area contributed by atoms with Crippen LogP contribution < -0.4 is 10.6 Å². The topological polar surface area (TPSA) is 66.0 Å². The van der Waals surface area contributed by atoms with E-state index in [1.54, 1.807) is 12.4 Å². The van der Waals surface area contributed by atoms with E-state index in [4.69, 9.17) is 11.1 Å². The van der Waals surface area contributed by atoms with Gasteiger partial charge in [-0.3, -0.25) is 10.4 Å². The van der Waals surface area contributed by atoms with Gasteiger partial charge >= 0.3 is 0 Å². The first-order chi connectivity index (χ1) is 7.20. The third kappa shape index (κ3) is 1.79. The van der Waals surface area contributed by atoms with E-state index in [-0.39, 0.29) is 5.84 Å². The van der Waals surface area contributed by atoms with Gasteiger partial charge in [0.05, 0.1) is 11.9 Å². The Morgan fingerprint density at radius 1 is 1.67 bits per heavy atom. The van der Waals surface area contributed by atoms with Crippen LogP contribution >= 0.6 is 0 Å². The number of hydrogen-bond acceptors (Lipinski definition) is 3. The molecule has 15 heavy (non-hydrogen) atoms. The van der Waals surface area contributed by atoms with Crippen LogP contribution in [-0.2, 0) is 0 Å². The van der Waals surface area contributed by atoms with Crippen LogP contribution in [0.15, 0.2) is 18.5 Å². The summed E-state index contributed by atoms with van der Waals surface area (Å²) in [4.78, 5) is 6.39. The molecule has 0 aliphatic carbocycles. The molecule has 2 heterocycles. The highest BCUT2D eigenvalue weighted by molar-refractivity contribution is 6.00. The lowest BCUT2D eigenvalue weighted by atomic mass is 10.1. The monoisotopic (exact) mass is 204 g/mol. The molecule has 3 N–H and O–H groups in total. The van der Waals surface area contributed by atoms with Crippen molar-refractivity contribution in [3.63, 3.8) is 0 Å². The van der Waals surface area contributed by atoms with Gasteiger partial charge in [0, 0.05) is 24.3 Å². The van der Waals surface area contributed by atoms with Gasteiger partial charge in [-0.2, -0.15) is 0 Å². The summed E-state index contributed by atoms with van der Waals surface area (Å²) < 4.78 is 0. The quantitative estimate of drug-likeness (QED) is 0.564. The highest BCUT2D eigenvalue weighted by Crippen LogP contribution is 2.27. The maximum absolute atomic E-state index is 7.53. The van der Waals surface area contributed by atoms with E-state index in [2.05, 4.69) is 16.8 Å². The Bertz CT molecular complexity index is 375. The molecule has 1 fully saturated rings. The molecule has 4 heteroatoms. The zero-order valence-electron chi connectivity index (χ0n) is 8.90. The fourth-order valence-electron chi connectivity index (χ4n) is 2.13. The predicted molar refractivity (Wildman–Crippen MR) is 61.3 cm³/mol. The second kappa shape index (κ2) is 3.88. The van der Waals surface area contributed by atoms with E-state index in [0.29, 0.717) is 6.04 Å². The van der Waals surface area contributed by atoms with Crippen LogP contribution in [0.5, 0.6) is 0 Å². The largest absolute Gasteiger partial charge is 0.384 e. The number of nitrogens with zero attached hydrogens (tertiary/aromatic N) is 2. The summed E-state index contributed by atoms with van der Waals surface area (Å²) in [6.45, 7) is 3.23. The van der Waals surface area contributed by atoms with Crippen molar-refractivity contribution >= 4 is 11.5 Å². The fourth-order valence-corrected chi connectivity index (χ4v) is 2.13. The third-order valence-electron chi connectivity index (χ3n) is 2.95. The molecule has 1 unspecified atom stereocenters. The number of aromatic nitrogens is 1. The molecule has 1 aliphatic heterocycles. The van der Waals surface area contributed by atoms with Gasteiger partial charge in [0.25, 0.3) is 0 Å². The van der Waals surface area contributed by atoms with E-state index in [0.717, 1.165) is 17.8 Å². The van der Waals surface area contributed by atoms with Crippen molar-refractivity contribution in [2.45, 2.75) is 25.8 Å². The molecule has 0 bridgehead atoms. The van der Waals surface area contributed by atoms with Crippen molar-refractivity contribution in [3.05, 3.63) is 24.0 Å². The Hall–Kier alpha value is -1.58. The molecule has 1 aromatic rings. The highest BCUT2D eigenvalue weighted by atomic mass is 15.2. The molecule has 1 atom stereocenters. The number of nitrogens with one attached hydrogen (secondary N) is 1. The summed E-state index contributed by atoms with van der Waals surface area (Å²) in [6, 6.07) is 2.33. The van der Waals surface area contributed by atoms with Crippen LogP contribution in [0.3, 0.4) is 0 Å². The lowest BCUT2D eigenvalue weighted by Gasteiger charge is -2.25. The summed E-state index contributed by atoms with van der Waals surface area (Å²) in [5, 5.41) is 7.53. The number of nitrogen functional groups attached to an aromatic ring is 1. The second-order valence-electron chi connectivity index (χ2n) is 3.99. The van der Waals surface area contributed by atoms with Gasteiger partial charge in [0.1, 0.15) is 5.84 Å². The summed E-state index contributed by atoms with van der Waals surface area (Å²) >= 11 is 0. The first-order valence-corrected chi connectivity index (χ1v) is 5.25. The minimum Gasteiger partial charge on any atom is -0.384 e. The van der Waals surface area contributed by atoms with E-state index < -0.39 is 0 Å². The smallest absolute Gasteiger partial charge is 0.125 e. The van der Waals surface area contributed by atoms with Crippen LogP contribution in [0.4, 0.5) is 5.69 Å². The van der Waals surface area contributed by atoms with E-state index in [1.807, 2.05) is 6.07 Å². The second-order valence-corrected chi connectivity index (χ2v) is 3.99. The molecule has 80 valence electrons. The van der Waals surface area contributed by atoms with Gasteiger partial charge < -0.3 is 10.6 Å². The minimum absolute atomic E-state index is 0.117. The van der Waals surface area contributed by atoms with Gasteiger partial charge in [-0.25, -0.2) is 0 Å². The average molecular weight is 204 g/mol. The lowest BCUT2D eigenvalue weighted by Crippen LogP contribution is -2.29. The van der Waals surface area contributed by atoms with Gasteiger partial charge in [0.2, 0.25) is 0 Å². The molecule has 1 saturated heterocycles. The molecule has 0 aromatic carbocycles. The number of hydrogen-bond donors (Lipinski definition) is 2. The van der Waals surface area contributed by atoms with Crippen LogP contribution in [0.25, 0.3) is 0 Å². The Kier molecular flexibility index (Phi) is 2.58. The fraction of sp³-hybridized carbons (Fsp3) is 0.455. The highest BCUT2D eigenvalue weighted by Gasteiger charge is 2.23. The predicted octanol–water partition coefficient (Wildman–Crippen LogP) is 1.35. The maximum atomic E-state index is 7.53. The van der Waals surface area contributed by atoms with Crippen LogP contribution in [0.1, 0.15) is 25.3 Å². The molecule has 0 radical (unpaired) electrons. The third-order valence-corrected chi connectivity index (χ3v) is 2.95. The molecular formula is C11H16N4. The van der Waals surface area contributed by atoms with Crippen molar-refractivity contribution in [2.75, 3.05) is 11.4 Å². The zero-order valence-corrected chi connectivity index (χ0v) is 8.90. The maximum Gasteiger partial charge on any atom is 0.125 e. The van der Waals surface area contributed by atoms with Crippen LogP contribution in [-0.4, -0.2) is 23.4 Å². The van der Waals surface area contributed by atoms with Crippen LogP contribution in [0.2, 0.25) is 0 Å². The number of rotatable bonds is 2. The van der Waals surface area contributed by atoms with Gasteiger partial charge in [0.15, 0.2) is 0 Å². The summed E-state index contributed by atoms with van der Waals surface area (Å²) in [5.74, 6) is 0.117. The number of amidine groups is 1. The summed E-state index contributed by atoms with van der Waals surface area (Å²) in [5.41, 5.74) is 7.34. The van der Waals surface area contributed by atoms with Crippen molar-refractivity contribution in [2.24, 2.45) is 5.73 Å². The van der Waals surface area contributed by atoms with E-state index in [9.17, 15) is 0 Å². The van der Waals surface area contributed by atoms with Gasteiger partial charge in [-0.05, 0) is 25.8 Å². The molecule has 1 aromatic heterocycles. The van der Waals surface area contributed by atoms with Crippen molar-refractivity contribution in [3.8, 4) is 0 Å². The summed E-state index contributed by atoms with van der Waals surface area (Å²) in [6.07, 6.45) is 5.89. The number of nitrogens with two attached hydrogens (primary N) is 1. The molecule has 4 nitrogen and oxygen atoms in total. The average Bonchev–Trinajstić information content (AvgIpc) is 2.64. The van der Waals surface area contributed by atoms with Gasteiger partial charge in [-0.1, -0.05) is 0 Å². The standard InChI is InChI=1S/C11H16N4/c1-8-3-2-6-15(8)10-7-14-5-4-9(10)11(12)13/h4-5,7-8H,2-3,6H2,1H3,(H3,12,13). The zero-order chi connectivity index (χ0) is 10.8. The van der Waals surface area contributed by atoms with Crippen molar-refractivity contribution in [1.82, 2.24) is 4.98 Å². The molecule has 2 rings (SSSR count). The molecular weight excluding hydrogens is 188 g/mol. The molecule has 0 saturated carbocycles. The Morgan fingerprint density at radius 2 is 2.47 bits per heavy atom. The lowest BCUT2D eigenvalue weighted by molar-refractivity contribution is 0.733. The minimum atomic E-state index is 0.117. The number of pyridine rings is 1. The molecule has 0 spiro atoms. The van der Waals surface area contributed by atoms with Crippen LogP contribution in [0, 0.1) is 5.41 Å².